The summed E-state index contributed by atoms with van der Waals surface area (Å²) in [5.41, 5.74) is 2.57. The van der Waals surface area contributed by atoms with Crippen molar-refractivity contribution in [2.75, 3.05) is 26.2 Å². The van der Waals surface area contributed by atoms with Crippen LogP contribution in [0.3, 0.4) is 0 Å². The fraction of sp³-hybridized carbons (Fsp3) is 0.481. The number of aliphatic hydroxyl groups excluding tert-OH is 1. The van der Waals surface area contributed by atoms with E-state index in [2.05, 4.69) is 11.8 Å². The van der Waals surface area contributed by atoms with Gasteiger partial charge in [-0.1, -0.05) is 43.3 Å². The first-order chi connectivity index (χ1) is 16.1. The van der Waals surface area contributed by atoms with Gasteiger partial charge in [0, 0.05) is 49.5 Å². The number of nitrogens with zero attached hydrogens (tertiary/aromatic N) is 3. The van der Waals surface area contributed by atoms with Crippen molar-refractivity contribution in [3.8, 4) is 0 Å². The van der Waals surface area contributed by atoms with E-state index in [1.165, 1.54) is 6.42 Å². The molecule has 3 aliphatic rings. The van der Waals surface area contributed by atoms with Crippen LogP contribution in [0.25, 0.3) is 12.2 Å². The molecule has 6 nitrogen and oxygen atoms in total. The average Bonchev–Trinajstić information content (AvgIpc) is 3.09. The summed E-state index contributed by atoms with van der Waals surface area (Å²) in [6, 6.07) is 13.7. The summed E-state index contributed by atoms with van der Waals surface area (Å²) >= 11 is 0. The highest BCUT2D eigenvalue weighted by Gasteiger charge is 2.55. The predicted molar refractivity (Wildman–Crippen MR) is 129 cm³/mol. The Labute approximate surface area is 195 Å². The molecular weight excluding hydrogens is 414 g/mol. The molecule has 2 aromatic rings. The first-order valence-corrected chi connectivity index (χ1v) is 12.3. The predicted octanol–water partition coefficient (Wildman–Crippen LogP) is 3.01. The summed E-state index contributed by atoms with van der Waals surface area (Å²) < 4.78 is 1.86. The Bertz CT molecular complexity index is 1090. The maximum Gasteiger partial charge on any atom is 0.258 e. The highest BCUT2D eigenvalue weighted by molar-refractivity contribution is 5.81. The number of likely N-dealkylation sites (N-methyl/N-ethyl adjacent to an activating group) is 1. The van der Waals surface area contributed by atoms with Crippen LogP contribution >= 0.6 is 0 Å². The van der Waals surface area contributed by atoms with Crippen LogP contribution < -0.4 is 5.56 Å². The second-order valence-electron chi connectivity index (χ2n) is 9.47. The van der Waals surface area contributed by atoms with Crippen molar-refractivity contribution in [1.82, 2.24) is 14.4 Å². The number of aliphatic hydroxyl groups is 1. The number of fused-ring (bicyclic) bond motifs is 4. The van der Waals surface area contributed by atoms with Crippen LogP contribution in [0.5, 0.6) is 0 Å². The average molecular weight is 448 g/mol. The second-order valence-corrected chi connectivity index (χ2v) is 9.47. The highest BCUT2D eigenvalue weighted by Crippen LogP contribution is 2.48. The molecule has 0 spiro atoms. The zero-order chi connectivity index (χ0) is 22.9. The third-order valence-electron chi connectivity index (χ3n) is 7.77. The Hall–Kier alpha value is -2.70. The summed E-state index contributed by atoms with van der Waals surface area (Å²) in [4.78, 5) is 31.5. The van der Waals surface area contributed by atoms with Crippen LogP contribution in [-0.2, 0) is 11.3 Å². The summed E-state index contributed by atoms with van der Waals surface area (Å²) in [6.07, 6.45) is 7.09. The number of hydrogen-bond acceptors (Lipinski definition) is 4. The van der Waals surface area contributed by atoms with Crippen molar-refractivity contribution in [3.63, 3.8) is 0 Å². The van der Waals surface area contributed by atoms with Crippen molar-refractivity contribution < 1.29 is 9.90 Å². The Morgan fingerprint density at radius 2 is 1.82 bits per heavy atom. The molecule has 0 radical (unpaired) electrons. The van der Waals surface area contributed by atoms with Crippen molar-refractivity contribution in [2.24, 2.45) is 11.8 Å². The molecule has 2 bridgehead atoms. The maximum atomic E-state index is 13.7. The van der Waals surface area contributed by atoms with Crippen LogP contribution in [0, 0.1) is 11.8 Å². The van der Waals surface area contributed by atoms with Crippen molar-refractivity contribution in [2.45, 2.75) is 44.8 Å². The van der Waals surface area contributed by atoms with Crippen molar-refractivity contribution in [3.05, 3.63) is 69.6 Å². The Balaban J connectivity index is 1.52. The molecule has 6 heteroatoms. The molecule has 174 valence electrons. The standard InChI is InChI=1S/C27H33N3O3/c1-2-29-23-17-30-22(14-13-20(26(30)32)12-11-19-9-5-3-6-10-19)25(29)24(21(23)18-31)27(33)28-15-7-4-8-16-28/h3,5-6,9-14,21,23-25,31H,2,4,7-8,15-18H2,1H3/b12-11+/t21-,23-,24+,25+/m1/s1. The molecule has 0 unspecified atom stereocenters. The minimum atomic E-state index is -0.308. The SMILES string of the molecule is CCN1[C@@H]2Cn3c(ccc(/C=C/c4ccccc4)c3=O)[C@H]1[C@@H](C(=O)N1CCCCC1)[C@@H]2CO. The molecular formula is C27H33N3O3. The van der Waals surface area contributed by atoms with Crippen LogP contribution in [-0.4, -0.2) is 57.7 Å². The molecule has 4 heterocycles. The monoisotopic (exact) mass is 447 g/mol. The number of piperidine rings is 1. The quantitative estimate of drug-likeness (QED) is 0.765. The summed E-state index contributed by atoms with van der Waals surface area (Å²) in [6.45, 7) is 4.97. The summed E-state index contributed by atoms with van der Waals surface area (Å²) in [5, 5.41) is 10.4. The lowest BCUT2D eigenvalue weighted by molar-refractivity contribution is -0.139. The molecule has 33 heavy (non-hydrogen) atoms. The molecule has 2 fully saturated rings. The van der Waals surface area contributed by atoms with Crippen molar-refractivity contribution in [1.29, 1.82) is 0 Å². The van der Waals surface area contributed by atoms with E-state index in [0.717, 1.165) is 43.7 Å². The summed E-state index contributed by atoms with van der Waals surface area (Å²) in [7, 11) is 0. The van der Waals surface area contributed by atoms with Crippen LogP contribution in [0.2, 0.25) is 0 Å². The van der Waals surface area contributed by atoms with E-state index in [1.54, 1.807) is 0 Å². The zero-order valence-electron chi connectivity index (χ0n) is 19.3. The van der Waals surface area contributed by atoms with Gasteiger partial charge in [0.05, 0.1) is 12.0 Å². The lowest BCUT2D eigenvalue weighted by Gasteiger charge is -2.38. The molecule has 0 saturated carbocycles. The van der Waals surface area contributed by atoms with Gasteiger partial charge in [0.1, 0.15) is 0 Å². The van der Waals surface area contributed by atoms with E-state index in [0.29, 0.717) is 12.1 Å². The Kier molecular flexibility index (Phi) is 6.21. The first kappa shape index (κ1) is 22.1. The fourth-order valence-electron chi connectivity index (χ4n) is 6.16. The van der Waals surface area contributed by atoms with Gasteiger partial charge in [-0.25, -0.2) is 0 Å². The van der Waals surface area contributed by atoms with E-state index in [4.69, 9.17) is 0 Å². The third-order valence-corrected chi connectivity index (χ3v) is 7.77. The van der Waals surface area contributed by atoms with E-state index in [-0.39, 0.29) is 42.0 Å². The maximum absolute atomic E-state index is 13.7. The normalized spacial score (nSPS) is 27.2. The minimum Gasteiger partial charge on any atom is -0.396 e. The molecule has 1 N–H and O–H groups in total. The third kappa shape index (κ3) is 3.85. The van der Waals surface area contributed by atoms with Crippen LogP contribution in [0.15, 0.2) is 47.3 Å². The van der Waals surface area contributed by atoms with Gasteiger partial charge in [0.15, 0.2) is 0 Å². The highest BCUT2D eigenvalue weighted by atomic mass is 16.3. The van der Waals surface area contributed by atoms with Crippen LogP contribution in [0.4, 0.5) is 0 Å². The number of carbonyl (C=O) groups is 1. The van der Waals surface area contributed by atoms with Gasteiger partial charge in [0.25, 0.3) is 5.56 Å². The van der Waals surface area contributed by atoms with Crippen LogP contribution in [0.1, 0.15) is 49.0 Å². The van der Waals surface area contributed by atoms with Crippen molar-refractivity contribution >= 4 is 18.1 Å². The number of benzene rings is 1. The van der Waals surface area contributed by atoms with Gasteiger partial charge in [-0.05, 0) is 49.6 Å². The Morgan fingerprint density at radius 1 is 1.06 bits per heavy atom. The van der Waals surface area contributed by atoms with Gasteiger partial charge < -0.3 is 14.6 Å². The molecule has 4 atom stereocenters. The lowest BCUT2D eigenvalue weighted by Crippen LogP contribution is -2.46. The van der Waals surface area contributed by atoms with Gasteiger partial charge in [-0.3, -0.25) is 14.5 Å². The molecule has 5 rings (SSSR count). The number of aromatic nitrogens is 1. The molecule has 1 aromatic heterocycles. The molecule has 1 amide bonds. The largest absolute Gasteiger partial charge is 0.396 e. The Morgan fingerprint density at radius 3 is 2.52 bits per heavy atom. The van der Waals surface area contributed by atoms with E-state index in [9.17, 15) is 14.7 Å². The molecule has 2 saturated heterocycles. The first-order valence-electron chi connectivity index (χ1n) is 12.3. The number of pyridine rings is 1. The molecule has 3 aliphatic heterocycles. The smallest absolute Gasteiger partial charge is 0.258 e. The van der Waals surface area contributed by atoms with Gasteiger partial charge in [-0.2, -0.15) is 0 Å². The lowest BCUT2D eigenvalue weighted by atomic mass is 9.85. The van der Waals surface area contributed by atoms with Gasteiger partial charge in [0.2, 0.25) is 5.91 Å². The molecule has 1 aromatic carbocycles. The number of rotatable bonds is 5. The number of amides is 1. The van der Waals surface area contributed by atoms with E-state index < -0.39 is 0 Å². The molecule has 0 aliphatic carbocycles. The topological polar surface area (TPSA) is 65.8 Å². The fourth-order valence-corrected chi connectivity index (χ4v) is 6.16. The zero-order valence-corrected chi connectivity index (χ0v) is 19.3. The second kappa shape index (κ2) is 9.27. The number of likely N-dealkylation sites (tertiary alicyclic amines) is 1. The number of hydrogen-bond donors (Lipinski definition) is 1. The number of carbonyl (C=O) groups excluding carboxylic acids is 1. The summed E-state index contributed by atoms with van der Waals surface area (Å²) in [5.74, 6) is -0.322. The van der Waals surface area contributed by atoms with E-state index >= 15 is 0 Å². The van der Waals surface area contributed by atoms with Gasteiger partial charge >= 0.3 is 0 Å². The van der Waals surface area contributed by atoms with E-state index in [1.807, 2.05) is 64.1 Å². The minimum absolute atomic E-state index is 0.0118. The van der Waals surface area contributed by atoms with Gasteiger partial charge in [-0.15, -0.1) is 0 Å².